The molecule has 3 heteroatoms. The van der Waals surface area contributed by atoms with Crippen LogP contribution < -0.4 is 0 Å². The van der Waals surface area contributed by atoms with Crippen molar-refractivity contribution in [2.24, 2.45) is 0 Å². The highest BCUT2D eigenvalue weighted by molar-refractivity contribution is 7.22. The molecule has 0 radical (unpaired) electrons. The highest BCUT2D eigenvalue weighted by Crippen LogP contribution is 2.33. The number of thiophene rings is 2. The summed E-state index contributed by atoms with van der Waals surface area (Å²) in [4.78, 5) is 4.40. The molecule has 1 nitrogen and oxygen atoms in total. The Kier molecular flexibility index (Phi) is 3.58. The quantitative estimate of drug-likeness (QED) is 0.804. The number of hydrogen-bond acceptors (Lipinski definition) is 3. The van der Waals surface area contributed by atoms with Gasteiger partial charge in [0.05, 0.1) is 11.5 Å². The Labute approximate surface area is 103 Å². The van der Waals surface area contributed by atoms with Crippen LogP contribution in [0, 0.1) is 11.8 Å². The summed E-state index contributed by atoms with van der Waals surface area (Å²) in [6.07, 6.45) is 1.59. The predicted octanol–water partition coefficient (Wildman–Crippen LogP) is 3.51. The lowest BCUT2D eigenvalue weighted by molar-refractivity contribution is 0.285. The number of hydrogen-bond donors (Lipinski definition) is 1. The van der Waals surface area contributed by atoms with E-state index in [1.165, 1.54) is 9.75 Å². The molecular formula is C13H10OS2. The van der Waals surface area contributed by atoms with Crippen LogP contribution in [0.2, 0.25) is 0 Å². The molecule has 0 aromatic carbocycles. The van der Waals surface area contributed by atoms with Gasteiger partial charge < -0.3 is 5.11 Å². The molecule has 16 heavy (non-hydrogen) atoms. The first-order valence-corrected chi connectivity index (χ1v) is 6.39. The van der Waals surface area contributed by atoms with E-state index in [9.17, 15) is 0 Å². The van der Waals surface area contributed by atoms with E-state index in [0.717, 1.165) is 9.75 Å². The molecule has 0 aliphatic carbocycles. The van der Waals surface area contributed by atoms with Crippen molar-refractivity contribution in [2.45, 2.75) is 6.61 Å². The van der Waals surface area contributed by atoms with Gasteiger partial charge in [0.25, 0.3) is 0 Å². The Balaban J connectivity index is 2.27. The van der Waals surface area contributed by atoms with E-state index in [-0.39, 0.29) is 6.61 Å². The molecular weight excluding hydrogens is 236 g/mol. The van der Waals surface area contributed by atoms with Gasteiger partial charge in [-0.05, 0) is 30.3 Å². The molecule has 0 amide bonds. The van der Waals surface area contributed by atoms with Gasteiger partial charge in [0.15, 0.2) is 0 Å². The zero-order valence-corrected chi connectivity index (χ0v) is 10.2. The average molecular weight is 246 g/mol. The van der Waals surface area contributed by atoms with E-state index in [1.807, 2.05) is 18.2 Å². The fraction of sp³-hybridized carbons (Fsp3) is 0.0769. The number of aliphatic hydroxyl groups excluding tert-OH is 1. The van der Waals surface area contributed by atoms with Gasteiger partial charge in [0.2, 0.25) is 0 Å². The van der Waals surface area contributed by atoms with E-state index >= 15 is 0 Å². The molecule has 2 aromatic rings. The van der Waals surface area contributed by atoms with Crippen LogP contribution in [-0.2, 0) is 6.61 Å². The summed E-state index contributed by atoms with van der Waals surface area (Å²) >= 11 is 3.27. The van der Waals surface area contributed by atoms with Crippen molar-refractivity contribution in [3.63, 3.8) is 0 Å². The van der Waals surface area contributed by atoms with Gasteiger partial charge in [-0.2, -0.15) is 0 Å². The third-order valence-electron chi connectivity index (χ3n) is 1.96. The number of aliphatic hydroxyl groups is 1. The molecule has 0 aliphatic heterocycles. The molecule has 0 aliphatic rings. The molecule has 0 spiro atoms. The molecule has 0 saturated carbocycles. The topological polar surface area (TPSA) is 20.2 Å². The summed E-state index contributed by atoms with van der Waals surface area (Å²) in [7, 11) is 0. The van der Waals surface area contributed by atoms with Crippen LogP contribution in [0.4, 0.5) is 0 Å². The molecule has 0 unspecified atom stereocenters. The molecule has 0 saturated heterocycles. The Bertz CT molecular complexity index is 552. The first kappa shape index (κ1) is 11.2. The standard InChI is InChI=1S/C13H10OS2/c1-2-3-4-10-5-7-12(15-10)13-8-6-11(9-14)16-13/h2,5-8,14H,1,9H2. The van der Waals surface area contributed by atoms with Gasteiger partial charge in [-0.1, -0.05) is 18.4 Å². The van der Waals surface area contributed by atoms with E-state index in [1.54, 1.807) is 28.7 Å². The van der Waals surface area contributed by atoms with Gasteiger partial charge in [-0.25, -0.2) is 0 Å². The van der Waals surface area contributed by atoms with Gasteiger partial charge in [-0.15, -0.1) is 22.7 Å². The molecule has 2 aromatic heterocycles. The van der Waals surface area contributed by atoms with Gasteiger partial charge >= 0.3 is 0 Å². The molecule has 2 rings (SSSR count). The average Bonchev–Trinajstić information content (AvgIpc) is 2.94. The second-order valence-corrected chi connectivity index (χ2v) is 5.31. The Morgan fingerprint density at radius 3 is 2.62 bits per heavy atom. The van der Waals surface area contributed by atoms with Crippen molar-refractivity contribution in [1.82, 2.24) is 0 Å². The summed E-state index contributed by atoms with van der Waals surface area (Å²) < 4.78 is 0. The van der Waals surface area contributed by atoms with Crippen molar-refractivity contribution < 1.29 is 5.11 Å². The number of allylic oxidation sites excluding steroid dienone is 1. The molecule has 1 N–H and O–H groups in total. The van der Waals surface area contributed by atoms with E-state index in [2.05, 4.69) is 24.5 Å². The summed E-state index contributed by atoms with van der Waals surface area (Å²) in [5.41, 5.74) is 0. The Morgan fingerprint density at radius 2 is 1.94 bits per heavy atom. The molecule has 2 heterocycles. The van der Waals surface area contributed by atoms with Crippen molar-refractivity contribution in [3.8, 4) is 21.6 Å². The van der Waals surface area contributed by atoms with Crippen LogP contribution in [0.5, 0.6) is 0 Å². The van der Waals surface area contributed by atoms with E-state index < -0.39 is 0 Å². The fourth-order valence-electron chi connectivity index (χ4n) is 1.25. The largest absolute Gasteiger partial charge is 0.391 e. The zero-order valence-electron chi connectivity index (χ0n) is 8.56. The van der Waals surface area contributed by atoms with Gasteiger partial charge in [-0.3, -0.25) is 0 Å². The second kappa shape index (κ2) is 5.13. The molecule has 0 bridgehead atoms. The maximum Gasteiger partial charge on any atom is 0.0778 e. The predicted molar refractivity (Wildman–Crippen MR) is 70.6 cm³/mol. The minimum Gasteiger partial charge on any atom is -0.391 e. The summed E-state index contributed by atoms with van der Waals surface area (Å²) in [6.45, 7) is 3.67. The van der Waals surface area contributed by atoms with Crippen molar-refractivity contribution in [3.05, 3.63) is 46.7 Å². The lowest BCUT2D eigenvalue weighted by Gasteiger charge is -1.88. The highest BCUT2D eigenvalue weighted by Gasteiger charge is 2.04. The molecule has 0 fully saturated rings. The van der Waals surface area contributed by atoms with Gasteiger partial charge in [0, 0.05) is 14.6 Å². The zero-order chi connectivity index (χ0) is 11.4. The maximum absolute atomic E-state index is 9.00. The third kappa shape index (κ3) is 2.42. The van der Waals surface area contributed by atoms with Crippen molar-refractivity contribution >= 4 is 22.7 Å². The van der Waals surface area contributed by atoms with Crippen LogP contribution in [0.1, 0.15) is 9.75 Å². The highest BCUT2D eigenvalue weighted by atomic mass is 32.1. The fourth-order valence-corrected chi connectivity index (χ4v) is 3.08. The molecule has 80 valence electrons. The molecule has 0 atom stereocenters. The lowest BCUT2D eigenvalue weighted by atomic mass is 10.3. The first-order chi connectivity index (χ1) is 7.83. The minimum absolute atomic E-state index is 0.110. The second-order valence-electron chi connectivity index (χ2n) is 3.06. The number of rotatable bonds is 2. The summed E-state index contributed by atoms with van der Waals surface area (Å²) in [6, 6.07) is 8.06. The van der Waals surface area contributed by atoms with Crippen LogP contribution in [0.25, 0.3) is 9.75 Å². The lowest BCUT2D eigenvalue weighted by Crippen LogP contribution is -1.69. The van der Waals surface area contributed by atoms with Crippen LogP contribution >= 0.6 is 22.7 Å². The smallest absolute Gasteiger partial charge is 0.0778 e. The first-order valence-electron chi connectivity index (χ1n) is 4.75. The van der Waals surface area contributed by atoms with Crippen LogP contribution in [0.15, 0.2) is 36.9 Å². The monoisotopic (exact) mass is 246 g/mol. The van der Waals surface area contributed by atoms with E-state index in [4.69, 9.17) is 5.11 Å². The minimum atomic E-state index is 0.110. The summed E-state index contributed by atoms with van der Waals surface area (Å²) in [5, 5.41) is 9.00. The van der Waals surface area contributed by atoms with E-state index in [0.29, 0.717) is 0 Å². The van der Waals surface area contributed by atoms with Crippen LogP contribution in [-0.4, -0.2) is 5.11 Å². The van der Waals surface area contributed by atoms with Gasteiger partial charge in [0.1, 0.15) is 0 Å². The maximum atomic E-state index is 9.00. The summed E-state index contributed by atoms with van der Waals surface area (Å²) in [5.74, 6) is 5.84. The SMILES string of the molecule is C=CC#Cc1ccc(-c2ccc(CO)s2)s1. The van der Waals surface area contributed by atoms with Crippen molar-refractivity contribution in [1.29, 1.82) is 0 Å². The van der Waals surface area contributed by atoms with Crippen molar-refractivity contribution in [2.75, 3.05) is 0 Å². The van der Waals surface area contributed by atoms with Crippen LogP contribution in [0.3, 0.4) is 0 Å². The Hall–Kier alpha value is -1.34. The Morgan fingerprint density at radius 1 is 1.19 bits per heavy atom. The normalized spacial score (nSPS) is 9.56. The third-order valence-corrected chi connectivity index (χ3v) is 4.23.